The summed E-state index contributed by atoms with van der Waals surface area (Å²) in [5, 5.41) is 0. The van der Waals surface area contributed by atoms with Gasteiger partial charge in [-0.1, -0.05) is 13.3 Å². The van der Waals surface area contributed by atoms with Gasteiger partial charge in [-0.15, -0.1) is 0 Å². The summed E-state index contributed by atoms with van der Waals surface area (Å²) in [4.78, 5) is 0. The Morgan fingerprint density at radius 3 is 2.62 bits per heavy atom. The fourth-order valence-corrected chi connectivity index (χ4v) is 2.18. The molecule has 0 radical (unpaired) electrons. The molecule has 0 aromatic rings. The molecule has 78 valence electrons. The molecular weight excluding hydrogens is 162 g/mol. The highest BCUT2D eigenvalue weighted by atomic mass is 16.5. The Morgan fingerprint density at radius 2 is 2.08 bits per heavy atom. The highest BCUT2D eigenvalue weighted by Crippen LogP contribution is 2.30. The molecular formula is C11H23NO. The van der Waals surface area contributed by atoms with Gasteiger partial charge in [-0.25, -0.2) is 0 Å². The zero-order valence-electron chi connectivity index (χ0n) is 9.12. The van der Waals surface area contributed by atoms with Crippen LogP contribution in [0.15, 0.2) is 0 Å². The molecule has 0 amide bonds. The largest absolute Gasteiger partial charge is 0.375 e. The van der Waals surface area contributed by atoms with Crippen LogP contribution in [-0.4, -0.2) is 18.8 Å². The van der Waals surface area contributed by atoms with Gasteiger partial charge in [-0.05, 0) is 45.1 Å². The second-order valence-corrected chi connectivity index (χ2v) is 4.64. The normalized spacial score (nSPS) is 35.3. The molecule has 1 saturated carbocycles. The van der Waals surface area contributed by atoms with Crippen LogP contribution in [0.2, 0.25) is 0 Å². The second kappa shape index (κ2) is 4.97. The smallest absolute Gasteiger partial charge is 0.0621 e. The second-order valence-electron chi connectivity index (χ2n) is 4.64. The number of nitrogens with two attached hydrogens (primary N) is 1. The van der Waals surface area contributed by atoms with Crippen molar-refractivity contribution < 1.29 is 4.74 Å². The molecule has 0 spiro atoms. The van der Waals surface area contributed by atoms with E-state index < -0.39 is 0 Å². The minimum Gasteiger partial charge on any atom is -0.375 e. The lowest BCUT2D eigenvalue weighted by atomic mass is 9.80. The highest BCUT2D eigenvalue weighted by Gasteiger charge is 2.28. The molecule has 13 heavy (non-hydrogen) atoms. The molecule has 2 N–H and O–H groups in total. The van der Waals surface area contributed by atoms with Gasteiger partial charge in [-0.3, -0.25) is 0 Å². The first-order valence-corrected chi connectivity index (χ1v) is 5.49. The van der Waals surface area contributed by atoms with Gasteiger partial charge < -0.3 is 10.5 Å². The van der Waals surface area contributed by atoms with Crippen molar-refractivity contribution in [3.05, 3.63) is 0 Å². The molecule has 3 atom stereocenters. The van der Waals surface area contributed by atoms with Gasteiger partial charge in [0.05, 0.1) is 12.2 Å². The molecule has 1 aliphatic carbocycles. The number of ether oxygens (including phenoxy) is 1. The Labute approximate surface area is 81.8 Å². The van der Waals surface area contributed by atoms with Crippen LogP contribution in [0.25, 0.3) is 0 Å². The summed E-state index contributed by atoms with van der Waals surface area (Å²) in [5.74, 6) is 1.41. The maximum Gasteiger partial charge on any atom is 0.0621 e. The summed E-state index contributed by atoms with van der Waals surface area (Å²) in [7, 11) is 0. The number of hydrogen-bond donors (Lipinski definition) is 1. The Morgan fingerprint density at radius 1 is 1.38 bits per heavy atom. The third-order valence-corrected chi connectivity index (χ3v) is 2.94. The SMILES string of the molecule is CC1CCC(CN)C(OC(C)C)C1. The zero-order chi connectivity index (χ0) is 9.84. The van der Waals surface area contributed by atoms with Crippen LogP contribution >= 0.6 is 0 Å². The van der Waals surface area contributed by atoms with E-state index in [1.807, 2.05) is 0 Å². The molecule has 3 unspecified atom stereocenters. The Bertz CT molecular complexity index is 145. The lowest BCUT2D eigenvalue weighted by molar-refractivity contribution is -0.0528. The first-order chi connectivity index (χ1) is 6.13. The molecule has 0 aromatic heterocycles. The van der Waals surface area contributed by atoms with Gasteiger partial charge >= 0.3 is 0 Å². The van der Waals surface area contributed by atoms with E-state index in [2.05, 4.69) is 20.8 Å². The predicted molar refractivity (Wildman–Crippen MR) is 55.6 cm³/mol. The van der Waals surface area contributed by atoms with Gasteiger partial charge in [0, 0.05) is 0 Å². The zero-order valence-corrected chi connectivity index (χ0v) is 9.12. The summed E-state index contributed by atoms with van der Waals surface area (Å²) in [6.07, 6.45) is 4.51. The van der Waals surface area contributed by atoms with Crippen molar-refractivity contribution in [3.63, 3.8) is 0 Å². The molecule has 0 heterocycles. The van der Waals surface area contributed by atoms with Crippen LogP contribution in [-0.2, 0) is 4.74 Å². The van der Waals surface area contributed by atoms with Crippen LogP contribution in [0.1, 0.15) is 40.0 Å². The van der Waals surface area contributed by atoms with Crippen molar-refractivity contribution in [3.8, 4) is 0 Å². The molecule has 2 nitrogen and oxygen atoms in total. The number of rotatable bonds is 3. The third-order valence-electron chi connectivity index (χ3n) is 2.94. The molecule has 1 aliphatic rings. The molecule has 0 aromatic carbocycles. The van der Waals surface area contributed by atoms with Crippen LogP contribution < -0.4 is 5.73 Å². The minimum atomic E-state index is 0.337. The predicted octanol–water partition coefficient (Wildman–Crippen LogP) is 2.17. The lowest BCUT2D eigenvalue weighted by Crippen LogP contribution is -2.37. The molecule has 1 rings (SSSR count). The lowest BCUT2D eigenvalue weighted by Gasteiger charge is -2.35. The van der Waals surface area contributed by atoms with Crippen molar-refractivity contribution in [2.45, 2.75) is 52.2 Å². The summed E-state index contributed by atoms with van der Waals surface area (Å²) in [6, 6.07) is 0. The average molecular weight is 185 g/mol. The van der Waals surface area contributed by atoms with Gasteiger partial charge in [0.1, 0.15) is 0 Å². The molecule has 1 fully saturated rings. The monoisotopic (exact) mass is 185 g/mol. The van der Waals surface area contributed by atoms with Crippen molar-refractivity contribution in [2.75, 3.05) is 6.54 Å². The average Bonchev–Trinajstić information content (AvgIpc) is 2.03. The van der Waals surface area contributed by atoms with E-state index in [9.17, 15) is 0 Å². The Balaban J connectivity index is 2.44. The van der Waals surface area contributed by atoms with E-state index in [1.165, 1.54) is 19.3 Å². The van der Waals surface area contributed by atoms with E-state index in [0.29, 0.717) is 18.1 Å². The fraction of sp³-hybridized carbons (Fsp3) is 1.00. The van der Waals surface area contributed by atoms with Gasteiger partial charge in [-0.2, -0.15) is 0 Å². The van der Waals surface area contributed by atoms with Crippen molar-refractivity contribution in [1.82, 2.24) is 0 Å². The highest BCUT2D eigenvalue weighted by molar-refractivity contribution is 4.80. The van der Waals surface area contributed by atoms with Gasteiger partial charge in [0.2, 0.25) is 0 Å². The van der Waals surface area contributed by atoms with E-state index in [-0.39, 0.29) is 0 Å². The van der Waals surface area contributed by atoms with Crippen molar-refractivity contribution in [2.24, 2.45) is 17.6 Å². The maximum atomic E-state index is 5.89. The van der Waals surface area contributed by atoms with Crippen LogP contribution in [0.3, 0.4) is 0 Å². The van der Waals surface area contributed by atoms with Crippen molar-refractivity contribution >= 4 is 0 Å². The van der Waals surface area contributed by atoms with Crippen LogP contribution in [0.5, 0.6) is 0 Å². The molecule has 0 saturated heterocycles. The van der Waals surface area contributed by atoms with E-state index in [4.69, 9.17) is 10.5 Å². The van der Waals surface area contributed by atoms with Gasteiger partial charge in [0.15, 0.2) is 0 Å². The standard InChI is InChI=1S/C11H23NO/c1-8(2)13-11-6-9(3)4-5-10(11)7-12/h8-11H,4-7,12H2,1-3H3. The van der Waals surface area contributed by atoms with Crippen molar-refractivity contribution in [1.29, 1.82) is 0 Å². The van der Waals surface area contributed by atoms with Gasteiger partial charge in [0.25, 0.3) is 0 Å². The topological polar surface area (TPSA) is 35.2 Å². The first-order valence-electron chi connectivity index (χ1n) is 5.49. The summed E-state index contributed by atoms with van der Waals surface area (Å²) < 4.78 is 5.89. The summed E-state index contributed by atoms with van der Waals surface area (Å²) in [5.41, 5.74) is 5.73. The summed E-state index contributed by atoms with van der Waals surface area (Å²) in [6.45, 7) is 7.30. The first kappa shape index (κ1) is 11.0. The Kier molecular flexibility index (Phi) is 4.20. The third kappa shape index (κ3) is 3.28. The summed E-state index contributed by atoms with van der Waals surface area (Å²) >= 11 is 0. The number of hydrogen-bond acceptors (Lipinski definition) is 2. The minimum absolute atomic E-state index is 0.337. The molecule has 0 aliphatic heterocycles. The molecule has 0 bridgehead atoms. The van der Waals surface area contributed by atoms with Crippen LogP contribution in [0.4, 0.5) is 0 Å². The Hall–Kier alpha value is -0.0800. The van der Waals surface area contributed by atoms with E-state index in [0.717, 1.165) is 12.5 Å². The molecule has 2 heteroatoms. The van der Waals surface area contributed by atoms with E-state index in [1.54, 1.807) is 0 Å². The fourth-order valence-electron chi connectivity index (χ4n) is 2.18. The van der Waals surface area contributed by atoms with E-state index >= 15 is 0 Å². The van der Waals surface area contributed by atoms with Crippen LogP contribution in [0, 0.1) is 11.8 Å². The quantitative estimate of drug-likeness (QED) is 0.731. The maximum absolute atomic E-state index is 5.89.